The summed E-state index contributed by atoms with van der Waals surface area (Å²) in [5, 5.41) is 10.0. The van der Waals surface area contributed by atoms with Gasteiger partial charge in [0, 0.05) is 6.54 Å². The Labute approximate surface area is 86.2 Å². The van der Waals surface area contributed by atoms with E-state index < -0.39 is 0 Å². The van der Waals surface area contributed by atoms with Crippen LogP contribution in [0.1, 0.15) is 22.8 Å². The van der Waals surface area contributed by atoms with E-state index in [2.05, 4.69) is 0 Å². The number of nitrogens with zero attached hydrogens (tertiary/aromatic N) is 1. The Bertz CT molecular complexity index is 287. The predicted octanol–water partition coefficient (Wildman–Crippen LogP) is 1.90. The number of aliphatic hydroxyl groups is 1. The summed E-state index contributed by atoms with van der Waals surface area (Å²) < 4.78 is 0. The molecule has 0 spiro atoms. The van der Waals surface area contributed by atoms with Gasteiger partial charge in [-0.15, -0.1) is 0 Å². The van der Waals surface area contributed by atoms with Gasteiger partial charge in [0.15, 0.2) is 0 Å². The number of aryl methyl sites for hydroxylation is 2. The highest BCUT2D eigenvalue weighted by atomic mass is 16.3. The molecule has 1 atom stereocenters. The lowest BCUT2D eigenvalue weighted by Crippen LogP contribution is -2.21. The van der Waals surface area contributed by atoms with Crippen molar-refractivity contribution in [2.75, 3.05) is 20.6 Å². The fourth-order valence-corrected chi connectivity index (χ4v) is 1.79. The van der Waals surface area contributed by atoms with Gasteiger partial charge in [-0.3, -0.25) is 0 Å². The van der Waals surface area contributed by atoms with Crippen LogP contribution in [0.3, 0.4) is 0 Å². The van der Waals surface area contributed by atoms with Crippen LogP contribution in [0.4, 0.5) is 0 Å². The summed E-state index contributed by atoms with van der Waals surface area (Å²) in [6.07, 6.45) is -0.383. The van der Waals surface area contributed by atoms with E-state index in [0.29, 0.717) is 6.54 Å². The quantitative estimate of drug-likeness (QED) is 0.792. The van der Waals surface area contributed by atoms with Gasteiger partial charge in [0.05, 0.1) is 6.10 Å². The third-order valence-electron chi connectivity index (χ3n) is 2.41. The van der Waals surface area contributed by atoms with Gasteiger partial charge in [0.25, 0.3) is 0 Å². The molecule has 14 heavy (non-hydrogen) atoms. The lowest BCUT2D eigenvalue weighted by Gasteiger charge is -2.19. The monoisotopic (exact) mass is 193 g/mol. The Morgan fingerprint density at radius 1 is 1.21 bits per heavy atom. The second-order valence-electron chi connectivity index (χ2n) is 4.08. The molecule has 1 N–H and O–H groups in total. The van der Waals surface area contributed by atoms with E-state index in [4.69, 9.17) is 0 Å². The zero-order chi connectivity index (χ0) is 10.7. The Kier molecular flexibility index (Phi) is 3.67. The van der Waals surface area contributed by atoms with Crippen LogP contribution in [0.25, 0.3) is 0 Å². The largest absolute Gasteiger partial charge is 0.387 e. The van der Waals surface area contributed by atoms with Gasteiger partial charge in [-0.1, -0.05) is 18.2 Å². The van der Waals surface area contributed by atoms with Gasteiger partial charge in [0.2, 0.25) is 0 Å². The van der Waals surface area contributed by atoms with Gasteiger partial charge in [-0.2, -0.15) is 0 Å². The number of hydrogen-bond acceptors (Lipinski definition) is 2. The molecule has 78 valence electrons. The van der Waals surface area contributed by atoms with Crippen LogP contribution >= 0.6 is 0 Å². The highest BCUT2D eigenvalue weighted by Gasteiger charge is 2.13. The zero-order valence-corrected chi connectivity index (χ0v) is 9.41. The summed E-state index contributed by atoms with van der Waals surface area (Å²) >= 11 is 0. The second-order valence-corrected chi connectivity index (χ2v) is 4.08. The van der Waals surface area contributed by atoms with Crippen LogP contribution in [-0.2, 0) is 0 Å². The number of rotatable bonds is 3. The maximum Gasteiger partial charge on any atom is 0.0921 e. The molecule has 0 aliphatic heterocycles. The van der Waals surface area contributed by atoms with E-state index in [1.807, 2.05) is 51.0 Å². The third-order valence-corrected chi connectivity index (χ3v) is 2.41. The van der Waals surface area contributed by atoms with Gasteiger partial charge in [-0.05, 0) is 44.6 Å². The van der Waals surface area contributed by atoms with E-state index in [-0.39, 0.29) is 6.10 Å². The molecule has 0 amide bonds. The minimum Gasteiger partial charge on any atom is -0.387 e. The van der Waals surface area contributed by atoms with Crippen LogP contribution in [0.2, 0.25) is 0 Å². The van der Waals surface area contributed by atoms with Crippen LogP contribution in [0, 0.1) is 13.8 Å². The Hall–Kier alpha value is -0.860. The molecule has 1 aromatic rings. The summed E-state index contributed by atoms with van der Waals surface area (Å²) in [7, 11) is 3.94. The first kappa shape index (κ1) is 11.2. The molecule has 1 unspecified atom stereocenters. The molecule has 0 saturated heterocycles. The van der Waals surface area contributed by atoms with Crippen molar-refractivity contribution in [3.8, 4) is 0 Å². The zero-order valence-electron chi connectivity index (χ0n) is 9.41. The molecule has 0 saturated carbocycles. The molecule has 1 rings (SSSR count). The van der Waals surface area contributed by atoms with Crippen LogP contribution < -0.4 is 0 Å². The number of aliphatic hydroxyl groups excluding tert-OH is 1. The molecule has 0 fully saturated rings. The Balaban J connectivity index is 2.94. The lowest BCUT2D eigenvalue weighted by atomic mass is 9.98. The van der Waals surface area contributed by atoms with E-state index in [0.717, 1.165) is 5.56 Å². The van der Waals surface area contributed by atoms with Crippen molar-refractivity contribution >= 4 is 0 Å². The van der Waals surface area contributed by atoms with Gasteiger partial charge < -0.3 is 10.0 Å². The van der Waals surface area contributed by atoms with Crippen molar-refractivity contribution < 1.29 is 5.11 Å². The fraction of sp³-hybridized carbons (Fsp3) is 0.500. The number of hydrogen-bond donors (Lipinski definition) is 1. The van der Waals surface area contributed by atoms with E-state index in [9.17, 15) is 5.11 Å². The van der Waals surface area contributed by atoms with Crippen molar-refractivity contribution in [1.29, 1.82) is 0 Å². The molecule has 0 aliphatic rings. The summed E-state index contributed by atoms with van der Waals surface area (Å²) in [6.45, 7) is 4.76. The number of likely N-dealkylation sites (N-methyl/N-ethyl adjacent to an activating group) is 1. The predicted molar refractivity (Wildman–Crippen MR) is 59.4 cm³/mol. The van der Waals surface area contributed by atoms with Gasteiger partial charge in [-0.25, -0.2) is 0 Å². The second kappa shape index (κ2) is 4.58. The first-order valence-corrected chi connectivity index (χ1v) is 4.91. The first-order chi connectivity index (χ1) is 6.52. The molecule has 0 heterocycles. The SMILES string of the molecule is Cc1cccc(C)c1C(O)CN(C)C. The number of benzene rings is 1. The standard InChI is InChI=1S/C12H19NO/c1-9-6-5-7-10(2)12(9)11(14)8-13(3)4/h5-7,11,14H,8H2,1-4H3. The summed E-state index contributed by atoms with van der Waals surface area (Å²) in [4.78, 5) is 2.00. The van der Waals surface area contributed by atoms with Gasteiger partial charge in [0.1, 0.15) is 0 Å². The Morgan fingerprint density at radius 2 is 1.71 bits per heavy atom. The fourth-order valence-electron chi connectivity index (χ4n) is 1.79. The molecule has 2 heteroatoms. The minimum atomic E-state index is -0.383. The van der Waals surface area contributed by atoms with Gasteiger partial charge >= 0.3 is 0 Å². The smallest absolute Gasteiger partial charge is 0.0921 e. The Morgan fingerprint density at radius 3 is 2.14 bits per heavy atom. The van der Waals surface area contributed by atoms with Crippen LogP contribution in [0.5, 0.6) is 0 Å². The van der Waals surface area contributed by atoms with E-state index in [1.165, 1.54) is 11.1 Å². The molecule has 0 aromatic heterocycles. The average molecular weight is 193 g/mol. The summed E-state index contributed by atoms with van der Waals surface area (Å²) in [5.41, 5.74) is 3.40. The highest BCUT2D eigenvalue weighted by Crippen LogP contribution is 2.21. The minimum absolute atomic E-state index is 0.383. The topological polar surface area (TPSA) is 23.5 Å². The van der Waals surface area contributed by atoms with Crippen molar-refractivity contribution in [1.82, 2.24) is 4.90 Å². The molecular weight excluding hydrogens is 174 g/mol. The summed E-state index contributed by atoms with van der Waals surface area (Å²) in [6, 6.07) is 6.11. The van der Waals surface area contributed by atoms with Crippen molar-refractivity contribution in [3.05, 3.63) is 34.9 Å². The van der Waals surface area contributed by atoms with E-state index in [1.54, 1.807) is 0 Å². The molecule has 0 aliphatic carbocycles. The summed E-state index contributed by atoms with van der Waals surface area (Å²) in [5.74, 6) is 0. The molecule has 0 radical (unpaired) electrons. The van der Waals surface area contributed by atoms with Crippen molar-refractivity contribution in [3.63, 3.8) is 0 Å². The molecule has 0 bridgehead atoms. The maximum absolute atomic E-state index is 10.0. The normalized spacial score (nSPS) is 13.3. The van der Waals surface area contributed by atoms with Crippen LogP contribution in [-0.4, -0.2) is 30.6 Å². The molecule has 1 aromatic carbocycles. The molecule has 2 nitrogen and oxygen atoms in total. The first-order valence-electron chi connectivity index (χ1n) is 4.91. The van der Waals surface area contributed by atoms with Crippen molar-refractivity contribution in [2.24, 2.45) is 0 Å². The average Bonchev–Trinajstić information content (AvgIpc) is 2.01. The van der Waals surface area contributed by atoms with E-state index >= 15 is 0 Å². The molecular formula is C12H19NO. The third kappa shape index (κ3) is 2.56. The van der Waals surface area contributed by atoms with Crippen molar-refractivity contribution in [2.45, 2.75) is 20.0 Å². The highest BCUT2D eigenvalue weighted by molar-refractivity contribution is 5.35. The lowest BCUT2D eigenvalue weighted by molar-refractivity contribution is 0.137. The maximum atomic E-state index is 10.0. The van der Waals surface area contributed by atoms with Crippen LogP contribution in [0.15, 0.2) is 18.2 Å².